The number of hydrogen-bond donors (Lipinski definition) is 0. The second-order valence-corrected chi connectivity index (χ2v) is 5.43. The summed E-state index contributed by atoms with van der Waals surface area (Å²) in [6, 6.07) is 7.56. The highest BCUT2D eigenvalue weighted by Crippen LogP contribution is 2.37. The fraction of sp³-hybridized carbons (Fsp3) is 0.294. The van der Waals surface area contributed by atoms with Crippen molar-refractivity contribution >= 4 is 17.8 Å². The van der Waals surface area contributed by atoms with Gasteiger partial charge in [0.2, 0.25) is 12.2 Å². The third-order valence-electron chi connectivity index (χ3n) is 3.88. The summed E-state index contributed by atoms with van der Waals surface area (Å²) < 4.78 is 0. The minimum absolute atomic E-state index is 0.129. The maximum atomic E-state index is 10.3. The lowest BCUT2D eigenvalue weighted by Crippen LogP contribution is -2.21. The first-order valence-corrected chi connectivity index (χ1v) is 6.74. The van der Waals surface area contributed by atoms with E-state index in [9.17, 15) is 9.59 Å². The van der Waals surface area contributed by atoms with Crippen molar-refractivity contribution in [3.8, 4) is 0 Å². The van der Waals surface area contributed by atoms with Crippen molar-refractivity contribution in [2.45, 2.75) is 32.1 Å². The highest BCUT2D eigenvalue weighted by molar-refractivity contribution is 5.51. The van der Waals surface area contributed by atoms with Crippen molar-refractivity contribution in [2.75, 3.05) is 0 Å². The highest BCUT2D eigenvalue weighted by atomic mass is 16.1. The monoisotopic (exact) mass is 280 g/mol. The molecule has 21 heavy (non-hydrogen) atoms. The topological polar surface area (TPSA) is 58.9 Å². The standard InChI is InChI=1S/C17H16N2O2/c1-17(2,13-3-7-15(8-4-13)18-11-20)14-5-9-16(10-6-14)19-12-21/h3-5,7-9H,6,10H2,1-2H3. The van der Waals surface area contributed by atoms with Gasteiger partial charge in [-0.25, -0.2) is 9.59 Å². The normalized spacial score (nSPS) is 14.4. The summed E-state index contributed by atoms with van der Waals surface area (Å²) in [7, 11) is 0. The van der Waals surface area contributed by atoms with Gasteiger partial charge in [0.15, 0.2) is 0 Å². The van der Waals surface area contributed by atoms with Crippen LogP contribution in [0.25, 0.3) is 0 Å². The van der Waals surface area contributed by atoms with Gasteiger partial charge in [-0.15, -0.1) is 0 Å². The van der Waals surface area contributed by atoms with Crippen LogP contribution in [0, 0.1) is 0 Å². The van der Waals surface area contributed by atoms with Crippen LogP contribution in [0.3, 0.4) is 0 Å². The van der Waals surface area contributed by atoms with E-state index in [0.717, 1.165) is 24.1 Å². The fourth-order valence-electron chi connectivity index (χ4n) is 2.49. The molecule has 2 rings (SSSR count). The van der Waals surface area contributed by atoms with Crippen molar-refractivity contribution in [3.63, 3.8) is 0 Å². The molecule has 1 aromatic carbocycles. The van der Waals surface area contributed by atoms with Crippen LogP contribution >= 0.6 is 0 Å². The Morgan fingerprint density at radius 2 is 1.62 bits per heavy atom. The van der Waals surface area contributed by atoms with Gasteiger partial charge in [0.1, 0.15) is 0 Å². The van der Waals surface area contributed by atoms with Gasteiger partial charge in [0.05, 0.1) is 11.4 Å². The smallest absolute Gasteiger partial charge is 0.211 e. The molecule has 4 heteroatoms. The zero-order valence-electron chi connectivity index (χ0n) is 12.1. The van der Waals surface area contributed by atoms with E-state index in [4.69, 9.17) is 0 Å². The van der Waals surface area contributed by atoms with E-state index in [1.165, 1.54) is 11.7 Å². The Hall–Kier alpha value is -2.54. The molecule has 0 amide bonds. The van der Waals surface area contributed by atoms with Crippen LogP contribution in [0.1, 0.15) is 32.3 Å². The quantitative estimate of drug-likeness (QED) is 0.621. The lowest BCUT2D eigenvalue weighted by Gasteiger charge is -2.30. The molecule has 106 valence electrons. The van der Waals surface area contributed by atoms with Gasteiger partial charge >= 0.3 is 0 Å². The van der Waals surface area contributed by atoms with Crippen LogP contribution < -0.4 is 0 Å². The predicted molar refractivity (Wildman–Crippen MR) is 80.8 cm³/mol. The summed E-state index contributed by atoms with van der Waals surface area (Å²) in [6.45, 7) is 4.30. The average Bonchev–Trinajstić information content (AvgIpc) is 2.49. The van der Waals surface area contributed by atoms with Gasteiger partial charge < -0.3 is 0 Å². The second-order valence-electron chi connectivity index (χ2n) is 5.43. The molecular formula is C17H16N2O2. The van der Waals surface area contributed by atoms with Crippen LogP contribution in [0.5, 0.6) is 0 Å². The molecule has 4 nitrogen and oxygen atoms in total. The van der Waals surface area contributed by atoms with Crippen LogP contribution in [-0.4, -0.2) is 12.2 Å². The Balaban J connectivity index is 2.29. The second kappa shape index (κ2) is 6.27. The Morgan fingerprint density at radius 3 is 2.14 bits per heavy atom. The number of allylic oxidation sites excluding steroid dienone is 4. The highest BCUT2D eigenvalue weighted by Gasteiger charge is 2.26. The molecule has 0 N–H and O–H groups in total. The molecule has 1 aliphatic carbocycles. The van der Waals surface area contributed by atoms with Crippen LogP contribution in [0.4, 0.5) is 5.69 Å². The number of benzene rings is 1. The number of hydrogen-bond acceptors (Lipinski definition) is 4. The largest absolute Gasteiger partial charge is 0.240 e. The molecule has 0 heterocycles. The van der Waals surface area contributed by atoms with Crippen LogP contribution in [0.15, 0.2) is 57.7 Å². The SMILES string of the molecule is CC(C)(C1=CC=C(N=C=O)CC1)c1ccc(N=C=O)cc1. The Kier molecular flexibility index (Phi) is 4.44. The zero-order valence-corrected chi connectivity index (χ0v) is 12.1. The van der Waals surface area contributed by atoms with E-state index in [-0.39, 0.29) is 5.41 Å². The van der Waals surface area contributed by atoms with Gasteiger partial charge in [-0.1, -0.05) is 37.6 Å². The number of rotatable bonds is 4. The van der Waals surface area contributed by atoms with Gasteiger partial charge in [-0.2, -0.15) is 9.98 Å². The van der Waals surface area contributed by atoms with Crippen molar-refractivity contribution in [3.05, 3.63) is 53.3 Å². The fourth-order valence-corrected chi connectivity index (χ4v) is 2.49. The van der Waals surface area contributed by atoms with E-state index >= 15 is 0 Å². The van der Waals surface area contributed by atoms with E-state index in [1.807, 2.05) is 36.4 Å². The van der Waals surface area contributed by atoms with Gasteiger partial charge in [0, 0.05) is 5.41 Å². The van der Waals surface area contributed by atoms with Gasteiger partial charge in [0.25, 0.3) is 0 Å². The molecule has 0 aromatic heterocycles. The summed E-state index contributed by atoms with van der Waals surface area (Å²) in [4.78, 5) is 27.8. The third kappa shape index (κ3) is 3.32. The molecule has 0 bridgehead atoms. The molecule has 1 aliphatic rings. The van der Waals surface area contributed by atoms with Crippen LogP contribution in [-0.2, 0) is 15.0 Å². The van der Waals surface area contributed by atoms with E-state index in [0.29, 0.717) is 5.69 Å². The maximum Gasteiger partial charge on any atom is 0.240 e. The molecule has 0 spiro atoms. The van der Waals surface area contributed by atoms with Crippen molar-refractivity contribution < 1.29 is 9.59 Å². The first-order chi connectivity index (χ1) is 10.1. The molecule has 0 atom stereocenters. The minimum Gasteiger partial charge on any atom is -0.211 e. The molecule has 0 saturated heterocycles. The third-order valence-corrected chi connectivity index (χ3v) is 3.88. The van der Waals surface area contributed by atoms with Crippen molar-refractivity contribution in [2.24, 2.45) is 9.98 Å². The number of aliphatic imine (C=N–C) groups is 2. The van der Waals surface area contributed by atoms with Crippen molar-refractivity contribution in [1.82, 2.24) is 0 Å². The summed E-state index contributed by atoms with van der Waals surface area (Å²) in [6.07, 6.45) is 8.62. The predicted octanol–water partition coefficient (Wildman–Crippen LogP) is 3.87. The molecule has 1 aromatic rings. The zero-order chi connectivity index (χ0) is 15.3. The summed E-state index contributed by atoms with van der Waals surface area (Å²) in [5.41, 5.74) is 3.66. The Bertz CT molecular complexity index is 684. The van der Waals surface area contributed by atoms with E-state index < -0.39 is 0 Å². The maximum absolute atomic E-state index is 10.3. The van der Waals surface area contributed by atoms with Gasteiger partial charge in [-0.3, -0.25) is 0 Å². The summed E-state index contributed by atoms with van der Waals surface area (Å²) in [5.74, 6) is 0. The number of carbonyl (C=O) groups excluding carboxylic acids is 2. The number of isocyanates is 2. The Labute approximate surface area is 123 Å². The molecular weight excluding hydrogens is 264 g/mol. The number of nitrogens with zero attached hydrogens (tertiary/aromatic N) is 2. The minimum atomic E-state index is -0.129. The molecule has 0 saturated carbocycles. The average molecular weight is 280 g/mol. The lowest BCUT2D eigenvalue weighted by molar-refractivity contribution is 0.562. The molecule has 0 fully saturated rings. The van der Waals surface area contributed by atoms with Crippen LogP contribution in [0.2, 0.25) is 0 Å². The molecule has 0 radical (unpaired) electrons. The van der Waals surface area contributed by atoms with Crippen molar-refractivity contribution in [1.29, 1.82) is 0 Å². The summed E-state index contributed by atoms with van der Waals surface area (Å²) in [5, 5.41) is 0. The summed E-state index contributed by atoms with van der Waals surface area (Å²) >= 11 is 0. The van der Waals surface area contributed by atoms with E-state index in [2.05, 4.69) is 23.8 Å². The van der Waals surface area contributed by atoms with E-state index in [1.54, 1.807) is 6.08 Å². The molecule has 0 aliphatic heterocycles. The Morgan fingerprint density at radius 1 is 0.952 bits per heavy atom. The first kappa shape index (κ1) is 14.9. The molecule has 0 unspecified atom stereocenters. The van der Waals surface area contributed by atoms with Gasteiger partial charge in [-0.05, 0) is 36.6 Å². The lowest BCUT2D eigenvalue weighted by atomic mass is 9.74. The first-order valence-electron chi connectivity index (χ1n) is 6.74.